The zero-order valence-corrected chi connectivity index (χ0v) is 12.5. The van der Waals surface area contributed by atoms with Crippen molar-refractivity contribution in [3.05, 3.63) is 35.4 Å². The average molecular weight is 261 g/mol. The minimum atomic E-state index is -0.0690. The molecule has 1 aromatic rings. The van der Waals surface area contributed by atoms with Gasteiger partial charge in [0.15, 0.2) is 0 Å². The molecule has 0 amide bonds. The summed E-state index contributed by atoms with van der Waals surface area (Å²) >= 11 is 0. The number of nitrogens with one attached hydrogen (secondary N) is 1. The third kappa shape index (κ3) is 3.01. The van der Waals surface area contributed by atoms with E-state index in [4.69, 9.17) is 4.74 Å². The number of ether oxygens (including phenoxy) is 1. The lowest BCUT2D eigenvalue weighted by Crippen LogP contribution is -2.41. The molecule has 1 aliphatic carbocycles. The molecule has 106 valence electrons. The molecule has 2 rings (SSSR count). The highest BCUT2D eigenvalue weighted by Crippen LogP contribution is 2.45. The third-order valence-corrected chi connectivity index (χ3v) is 4.54. The Morgan fingerprint density at radius 3 is 2.79 bits per heavy atom. The summed E-state index contributed by atoms with van der Waals surface area (Å²) in [6.45, 7) is 6.26. The SMILES string of the molecule is CNCCOC1(c2ccccc2C)CCCCC1C. The molecule has 1 saturated carbocycles. The van der Waals surface area contributed by atoms with Crippen LogP contribution in [0.2, 0.25) is 0 Å². The molecular weight excluding hydrogens is 234 g/mol. The van der Waals surface area contributed by atoms with Gasteiger partial charge < -0.3 is 10.1 Å². The molecule has 2 heteroatoms. The lowest BCUT2D eigenvalue weighted by Gasteiger charge is -2.44. The highest BCUT2D eigenvalue weighted by atomic mass is 16.5. The first-order chi connectivity index (χ1) is 9.20. The summed E-state index contributed by atoms with van der Waals surface area (Å²) in [5, 5.41) is 3.18. The second-order valence-corrected chi connectivity index (χ2v) is 5.80. The van der Waals surface area contributed by atoms with Crippen molar-refractivity contribution in [2.75, 3.05) is 20.2 Å². The van der Waals surface area contributed by atoms with Crippen molar-refractivity contribution in [1.29, 1.82) is 0 Å². The Kier molecular flexibility index (Phi) is 5.00. The van der Waals surface area contributed by atoms with Crippen molar-refractivity contribution in [3.8, 4) is 0 Å². The van der Waals surface area contributed by atoms with Gasteiger partial charge in [-0.15, -0.1) is 0 Å². The molecule has 0 aliphatic heterocycles. The van der Waals surface area contributed by atoms with Crippen LogP contribution in [0.4, 0.5) is 0 Å². The summed E-state index contributed by atoms with van der Waals surface area (Å²) < 4.78 is 6.43. The van der Waals surface area contributed by atoms with Crippen molar-refractivity contribution in [2.24, 2.45) is 5.92 Å². The fourth-order valence-corrected chi connectivity index (χ4v) is 3.39. The zero-order valence-electron chi connectivity index (χ0n) is 12.5. The molecule has 1 aliphatic rings. The van der Waals surface area contributed by atoms with Gasteiger partial charge in [0.05, 0.1) is 12.2 Å². The lowest BCUT2D eigenvalue weighted by molar-refractivity contribution is -0.109. The third-order valence-electron chi connectivity index (χ3n) is 4.54. The first-order valence-corrected chi connectivity index (χ1v) is 7.55. The summed E-state index contributed by atoms with van der Waals surface area (Å²) in [7, 11) is 1.98. The van der Waals surface area contributed by atoms with Gasteiger partial charge in [-0.05, 0) is 43.9 Å². The van der Waals surface area contributed by atoms with E-state index in [-0.39, 0.29) is 5.60 Å². The molecule has 1 aromatic carbocycles. The topological polar surface area (TPSA) is 21.3 Å². The van der Waals surface area contributed by atoms with E-state index in [1.54, 1.807) is 0 Å². The first kappa shape index (κ1) is 14.5. The fraction of sp³-hybridized carbons (Fsp3) is 0.647. The normalized spacial score (nSPS) is 27.4. The van der Waals surface area contributed by atoms with E-state index in [0.717, 1.165) is 19.6 Å². The molecule has 2 unspecified atom stereocenters. The first-order valence-electron chi connectivity index (χ1n) is 7.55. The van der Waals surface area contributed by atoms with Gasteiger partial charge in [-0.3, -0.25) is 0 Å². The van der Waals surface area contributed by atoms with Crippen LogP contribution >= 0.6 is 0 Å². The van der Waals surface area contributed by atoms with E-state index >= 15 is 0 Å². The molecule has 1 fully saturated rings. The van der Waals surface area contributed by atoms with Crippen LogP contribution in [-0.2, 0) is 10.3 Å². The molecule has 0 radical (unpaired) electrons. The van der Waals surface area contributed by atoms with Crippen LogP contribution in [0, 0.1) is 12.8 Å². The largest absolute Gasteiger partial charge is 0.369 e. The number of benzene rings is 1. The number of hydrogen-bond acceptors (Lipinski definition) is 2. The minimum absolute atomic E-state index is 0.0690. The van der Waals surface area contributed by atoms with Crippen LogP contribution in [0.5, 0.6) is 0 Å². The van der Waals surface area contributed by atoms with Gasteiger partial charge in [-0.25, -0.2) is 0 Å². The summed E-state index contributed by atoms with van der Waals surface area (Å²) in [6, 6.07) is 8.73. The molecule has 0 heterocycles. The standard InChI is InChI=1S/C17H27NO/c1-14-8-4-5-10-16(14)17(19-13-12-18-3)11-7-6-9-15(17)2/h4-5,8,10,15,18H,6-7,9,11-13H2,1-3H3. The van der Waals surface area contributed by atoms with Crippen molar-refractivity contribution in [2.45, 2.75) is 45.1 Å². The van der Waals surface area contributed by atoms with Crippen molar-refractivity contribution in [3.63, 3.8) is 0 Å². The smallest absolute Gasteiger partial charge is 0.0959 e. The van der Waals surface area contributed by atoms with E-state index in [1.165, 1.54) is 30.4 Å². The quantitative estimate of drug-likeness (QED) is 0.817. The fourth-order valence-electron chi connectivity index (χ4n) is 3.39. The van der Waals surface area contributed by atoms with Crippen LogP contribution in [0.3, 0.4) is 0 Å². The second-order valence-electron chi connectivity index (χ2n) is 5.80. The van der Waals surface area contributed by atoms with Crippen LogP contribution in [0.15, 0.2) is 24.3 Å². The molecule has 19 heavy (non-hydrogen) atoms. The molecule has 0 saturated heterocycles. The molecule has 1 N–H and O–H groups in total. The van der Waals surface area contributed by atoms with Crippen LogP contribution < -0.4 is 5.32 Å². The molecule has 0 spiro atoms. The van der Waals surface area contributed by atoms with Crippen LogP contribution in [0.1, 0.15) is 43.7 Å². The maximum atomic E-state index is 6.43. The van der Waals surface area contributed by atoms with Crippen molar-refractivity contribution in [1.82, 2.24) is 5.32 Å². The van der Waals surface area contributed by atoms with Crippen LogP contribution in [0.25, 0.3) is 0 Å². The summed E-state index contributed by atoms with van der Waals surface area (Å²) in [5.74, 6) is 0.596. The van der Waals surface area contributed by atoms with E-state index in [9.17, 15) is 0 Å². The number of rotatable bonds is 5. The number of hydrogen-bond donors (Lipinski definition) is 1. The predicted molar refractivity (Wildman–Crippen MR) is 80.4 cm³/mol. The Morgan fingerprint density at radius 2 is 2.11 bits per heavy atom. The Balaban J connectivity index is 2.30. The molecule has 2 nitrogen and oxygen atoms in total. The summed E-state index contributed by atoms with van der Waals surface area (Å²) in [6.07, 6.45) is 5.04. The van der Waals surface area contributed by atoms with Gasteiger partial charge in [0, 0.05) is 6.54 Å². The van der Waals surface area contributed by atoms with E-state index < -0.39 is 0 Å². The van der Waals surface area contributed by atoms with Crippen LogP contribution in [-0.4, -0.2) is 20.2 Å². The van der Waals surface area contributed by atoms with Gasteiger partial charge in [0.2, 0.25) is 0 Å². The van der Waals surface area contributed by atoms with Gasteiger partial charge in [-0.1, -0.05) is 44.0 Å². The highest BCUT2D eigenvalue weighted by Gasteiger charge is 2.41. The van der Waals surface area contributed by atoms with Gasteiger partial charge in [0.1, 0.15) is 0 Å². The zero-order chi connectivity index (χ0) is 13.7. The van der Waals surface area contributed by atoms with Gasteiger partial charge >= 0.3 is 0 Å². The van der Waals surface area contributed by atoms with Gasteiger partial charge in [-0.2, -0.15) is 0 Å². The maximum Gasteiger partial charge on any atom is 0.0959 e. The van der Waals surface area contributed by atoms with Crippen molar-refractivity contribution >= 4 is 0 Å². The summed E-state index contributed by atoms with van der Waals surface area (Å²) in [4.78, 5) is 0. The maximum absolute atomic E-state index is 6.43. The second kappa shape index (κ2) is 6.53. The van der Waals surface area contributed by atoms with Gasteiger partial charge in [0.25, 0.3) is 0 Å². The monoisotopic (exact) mass is 261 g/mol. The van der Waals surface area contributed by atoms with E-state index in [0.29, 0.717) is 5.92 Å². The highest BCUT2D eigenvalue weighted by molar-refractivity contribution is 5.32. The number of aryl methyl sites for hydroxylation is 1. The van der Waals surface area contributed by atoms with E-state index in [2.05, 4.69) is 43.4 Å². The number of likely N-dealkylation sites (N-methyl/N-ethyl adjacent to an activating group) is 1. The minimum Gasteiger partial charge on any atom is -0.369 e. The average Bonchev–Trinajstić information content (AvgIpc) is 2.42. The molecule has 0 bridgehead atoms. The Morgan fingerprint density at radius 1 is 1.32 bits per heavy atom. The molecular formula is C17H27NO. The summed E-state index contributed by atoms with van der Waals surface area (Å²) in [5.41, 5.74) is 2.69. The molecule has 2 atom stereocenters. The Bertz CT molecular complexity index is 404. The lowest BCUT2D eigenvalue weighted by atomic mass is 9.71. The Hall–Kier alpha value is -0.860. The Labute approximate surface area is 117 Å². The van der Waals surface area contributed by atoms with Crippen molar-refractivity contribution < 1.29 is 4.74 Å². The van der Waals surface area contributed by atoms with E-state index in [1.807, 2.05) is 7.05 Å². The predicted octanol–water partition coefficient (Wildman–Crippen LogP) is 3.64. The molecule has 0 aromatic heterocycles.